The lowest BCUT2D eigenvalue weighted by atomic mass is 9.42. The Morgan fingerprint density at radius 2 is 1.90 bits per heavy atom. The van der Waals surface area contributed by atoms with Gasteiger partial charge in [-0.15, -0.1) is 5.10 Å². The second kappa shape index (κ2) is 7.17. The Kier molecular flexibility index (Phi) is 5.37. The molecular weight excluding hydrogens is 428 g/mol. The molecule has 0 amide bonds. The third-order valence-electron chi connectivity index (χ3n) is 5.03. The van der Waals surface area contributed by atoms with Crippen LogP contribution < -0.4 is 4.74 Å². The molecule has 0 aromatic carbocycles. The van der Waals surface area contributed by atoms with E-state index >= 15 is 0 Å². The zero-order valence-electron chi connectivity index (χ0n) is 15.1. The first kappa shape index (κ1) is 22.4. The minimum absolute atomic E-state index is 0.111. The Morgan fingerprint density at radius 1 is 1.27 bits per heavy atom. The number of rotatable bonds is 7. The molecule has 3 N–H and O–H groups in total. The Morgan fingerprint density at radius 3 is 2.40 bits per heavy atom. The molecule has 1 aliphatic carbocycles. The SMILES string of the molecule is [B]C([B])(C(O)(O)COc1ccn(-c2ccc(C(=O)O)c(Cl)n2)n1)C1(C(F)(F)F)CC1. The first-order valence-electron chi connectivity index (χ1n) is 8.40. The van der Waals surface area contributed by atoms with Gasteiger partial charge in [-0.25, -0.2) is 14.5 Å². The number of nitrogens with zero attached hydrogens (tertiary/aromatic N) is 3. The summed E-state index contributed by atoms with van der Waals surface area (Å²) in [5.74, 6) is -4.60. The van der Waals surface area contributed by atoms with Crippen LogP contribution >= 0.6 is 11.6 Å². The molecule has 2 aromatic rings. The van der Waals surface area contributed by atoms with Gasteiger partial charge in [0.15, 0.2) is 11.6 Å². The average Bonchev–Trinajstić information content (AvgIpc) is 3.33. The fourth-order valence-electron chi connectivity index (χ4n) is 2.96. The number of aromatic carboxylic acids is 1. The first-order chi connectivity index (χ1) is 13.7. The molecule has 156 valence electrons. The summed E-state index contributed by atoms with van der Waals surface area (Å²) in [7, 11) is 11.0. The molecule has 4 radical (unpaired) electrons. The lowest BCUT2D eigenvalue weighted by Crippen LogP contribution is -2.56. The number of alkyl halides is 3. The van der Waals surface area contributed by atoms with Gasteiger partial charge in [-0.1, -0.05) is 11.6 Å². The summed E-state index contributed by atoms with van der Waals surface area (Å²) in [4.78, 5) is 14.8. The molecule has 2 heterocycles. The Balaban J connectivity index is 1.74. The van der Waals surface area contributed by atoms with E-state index in [1.165, 1.54) is 24.4 Å². The van der Waals surface area contributed by atoms with Gasteiger partial charge >= 0.3 is 12.1 Å². The van der Waals surface area contributed by atoms with Crippen LogP contribution in [-0.2, 0) is 0 Å². The highest BCUT2D eigenvalue weighted by Gasteiger charge is 2.74. The normalized spacial score (nSPS) is 16.3. The molecule has 8 nitrogen and oxygen atoms in total. The van der Waals surface area contributed by atoms with E-state index in [4.69, 9.17) is 37.1 Å². The zero-order valence-corrected chi connectivity index (χ0v) is 15.9. The van der Waals surface area contributed by atoms with Crippen molar-refractivity contribution in [1.82, 2.24) is 14.8 Å². The van der Waals surface area contributed by atoms with E-state index in [0.717, 1.165) is 4.68 Å². The molecular formula is C16H13B2ClF3N3O5. The van der Waals surface area contributed by atoms with E-state index in [0.29, 0.717) is 0 Å². The van der Waals surface area contributed by atoms with Crippen LogP contribution in [0.25, 0.3) is 5.82 Å². The number of halogens is 4. The van der Waals surface area contributed by atoms with Gasteiger partial charge in [-0.05, 0) is 30.2 Å². The van der Waals surface area contributed by atoms with Crippen LogP contribution in [0.3, 0.4) is 0 Å². The molecule has 1 aliphatic rings. The van der Waals surface area contributed by atoms with Crippen LogP contribution in [0.2, 0.25) is 10.4 Å². The number of carboxylic acid groups (broad SMARTS) is 1. The van der Waals surface area contributed by atoms with Crippen molar-refractivity contribution in [3.63, 3.8) is 0 Å². The lowest BCUT2D eigenvalue weighted by Gasteiger charge is -2.45. The predicted octanol–water partition coefficient (Wildman–Crippen LogP) is 1.47. The fourth-order valence-corrected chi connectivity index (χ4v) is 3.19. The molecule has 0 unspecified atom stereocenters. The van der Waals surface area contributed by atoms with Gasteiger partial charge in [-0.3, -0.25) is 0 Å². The number of aliphatic hydroxyl groups is 2. The van der Waals surface area contributed by atoms with Gasteiger partial charge in [-0.2, -0.15) is 13.2 Å². The van der Waals surface area contributed by atoms with Crippen molar-refractivity contribution >= 4 is 33.3 Å². The molecule has 30 heavy (non-hydrogen) atoms. The number of hydrogen-bond acceptors (Lipinski definition) is 6. The molecule has 3 rings (SSSR count). The number of ether oxygens (including phenoxy) is 1. The molecule has 2 aromatic heterocycles. The number of aromatic nitrogens is 3. The summed E-state index contributed by atoms with van der Waals surface area (Å²) in [5, 5.41) is 29.9. The van der Waals surface area contributed by atoms with E-state index in [1.807, 2.05) is 0 Å². The van der Waals surface area contributed by atoms with Gasteiger partial charge in [0.2, 0.25) is 5.88 Å². The second-order valence-electron chi connectivity index (χ2n) is 6.97. The summed E-state index contributed by atoms with van der Waals surface area (Å²) in [6.45, 7) is -1.10. The maximum absolute atomic E-state index is 13.3. The highest BCUT2D eigenvalue weighted by molar-refractivity contribution is 6.41. The standard InChI is InChI=1S/C16H13B2ClF3N3O5/c17-15(18,13(4-5-13)16(20,21)22)14(28,29)7-30-10-3-6-25(24-10)9-2-1-8(12(26)27)11(19)23-9/h1-3,6,28-29H,4-5,7H2,(H,26,27). The zero-order chi connectivity index (χ0) is 22.5. The first-order valence-corrected chi connectivity index (χ1v) is 8.77. The fraction of sp³-hybridized carbons (Fsp3) is 0.438. The topological polar surface area (TPSA) is 118 Å². The lowest BCUT2D eigenvalue weighted by molar-refractivity contribution is -0.255. The van der Waals surface area contributed by atoms with E-state index in [2.05, 4.69) is 10.1 Å². The maximum atomic E-state index is 13.3. The van der Waals surface area contributed by atoms with Crippen LogP contribution in [0.5, 0.6) is 5.88 Å². The summed E-state index contributed by atoms with van der Waals surface area (Å²) < 4.78 is 46.1. The minimum Gasteiger partial charge on any atom is -0.478 e. The van der Waals surface area contributed by atoms with Crippen LogP contribution in [-0.4, -0.2) is 70.3 Å². The van der Waals surface area contributed by atoms with Crippen molar-refractivity contribution in [2.24, 2.45) is 5.41 Å². The van der Waals surface area contributed by atoms with Crippen LogP contribution in [0, 0.1) is 5.41 Å². The Hall–Kier alpha value is -2.24. The summed E-state index contributed by atoms with van der Waals surface area (Å²) in [5.41, 5.74) is -2.87. The monoisotopic (exact) mass is 441 g/mol. The maximum Gasteiger partial charge on any atom is 0.393 e. The quantitative estimate of drug-likeness (QED) is 0.338. The van der Waals surface area contributed by atoms with E-state index in [-0.39, 0.29) is 22.4 Å². The third kappa shape index (κ3) is 3.65. The average molecular weight is 441 g/mol. The van der Waals surface area contributed by atoms with Gasteiger partial charge < -0.3 is 20.1 Å². The van der Waals surface area contributed by atoms with E-state index in [1.54, 1.807) is 0 Å². The molecule has 0 atom stereocenters. The number of carbonyl (C=O) groups is 1. The molecule has 0 bridgehead atoms. The smallest absolute Gasteiger partial charge is 0.393 e. The molecule has 0 spiro atoms. The minimum atomic E-state index is -4.83. The largest absolute Gasteiger partial charge is 0.478 e. The second-order valence-corrected chi connectivity index (χ2v) is 7.32. The molecule has 1 fully saturated rings. The predicted molar refractivity (Wildman–Crippen MR) is 97.9 cm³/mol. The Labute approximate surface area is 175 Å². The summed E-state index contributed by atoms with van der Waals surface area (Å²) >= 11 is 5.79. The molecule has 14 heteroatoms. The number of pyridine rings is 1. The van der Waals surface area contributed by atoms with Crippen LogP contribution in [0.1, 0.15) is 23.2 Å². The highest BCUT2D eigenvalue weighted by atomic mass is 35.5. The van der Waals surface area contributed by atoms with E-state index in [9.17, 15) is 28.2 Å². The van der Waals surface area contributed by atoms with Crippen molar-refractivity contribution in [3.05, 3.63) is 35.1 Å². The molecule has 0 aliphatic heterocycles. The van der Waals surface area contributed by atoms with E-state index < -0.39 is 48.0 Å². The van der Waals surface area contributed by atoms with Gasteiger partial charge in [0, 0.05) is 12.3 Å². The van der Waals surface area contributed by atoms with Crippen LogP contribution in [0.15, 0.2) is 24.4 Å². The summed E-state index contributed by atoms with van der Waals surface area (Å²) in [6, 6.07) is 3.76. The third-order valence-corrected chi connectivity index (χ3v) is 5.32. The van der Waals surface area contributed by atoms with Crippen LogP contribution in [0.4, 0.5) is 13.2 Å². The van der Waals surface area contributed by atoms with Crippen molar-refractivity contribution in [2.45, 2.75) is 30.0 Å². The Bertz CT molecular complexity index is 979. The van der Waals surface area contributed by atoms with Gasteiger partial charge in [0.25, 0.3) is 0 Å². The van der Waals surface area contributed by atoms with Crippen molar-refractivity contribution in [2.75, 3.05) is 6.61 Å². The number of hydrogen-bond donors (Lipinski definition) is 3. The van der Waals surface area contributed by atoms with Gasteiger partial charge in [0.1, 0.15) is 11.8 Å². The number of carboxylic acids is 1. The highest BCUT2D eigenvalue weighted by Crippen LogP contribution is 2.70. The van der Waals surface area contributed by atoms with Crippen molar-refractivity contribution in [1.29, 1.82) is 0 Å². The summed E-state index contributed by atoms with van der Waals surface area (Å²) in [6.07, 6.45) is -4.40. The molecule has 0 saturated heterocycles. The van der Waals surface area contributed by atoms with Gasteiger partial charge in [0.05, 0.1) is 26.7 Å². The van der Waals surface area contributed by atoms with Crippen molar-refractivity contribution in [3.8, 4) is 11.7 Å². The molecule has 1 saturated carbocycles. The van der Waals surface area contributed by atoms with Crippen molar-refractivity contribution < 1.29 is 38.0 Å².